The smallest absolute Gasteiger partial charge is 0.281 e. The first-order valence-corrected chi connectivity index (χ1v) is 10.6. The molecule has 1 unspecified atom stereocenters. The minimum Gasteiger partial charge on any atom is -0.395 e. The van der Waals surface area contributed by atoms with Crippen molar-refractivity contribution in [1.29, 1.82) is 0 Å². The van der Waals surface area contributed by atoms with Gasteiger partial charge in [-0.05, 0) is 6.07 Å². The SMILES string of the molecule is CN(C)S(=O)(=O)N1CCOC(c2c(C(=O)NCCO)sc3ncccc23)C1. The van der Waals surface area contributed by atoms with Crippen LogP contribution in [0.3, 0.4) is 0 Å². The maximum atomic E-state index is 12.6. The number of aliphatic hydroxyl groups excluding tert-OH is 1. The first kappa shape index (κ1) is 20.1. The molecular weight excluding hydrogens is 392 g/mol. The molecule has 1 amide bonds. The number of aromatic nitrogens is 1. The van der Waals surface area contributed by atoms with Crippen LogP contribution in [0.25, 0.3) is 10.2 Å². The van der Waals surface area contributed by atoms with E-state index in [1.165, 1.54) is 29.7 Å². The summed E-state index contributed by atoms with van der Waals surface area (Å²) in [7, 11) is -0.616. The molecule has 148 valence electrons. The highest BCUT2D eigenvalue weighted by molar-refractivity contribution is 7.86. The summed E-state index contributed by atoms with van der Waals surface area (Å²) in [5, 5.41) is 12.4. The van der Waals surface area contributed by atoms with Crippen LogP contribution in [0.1, 0.15) is 21.3 Å². The first-order valence-electron chi connectivity index (χ1n) is 8.42. The van der Waals surface area contributed by atoms with E-state index >= 15 is 0 Å². The Morgan fingerprint density at radius 3 is 3.00 bits per heavy atom. The number of carbonyl (C=O) groups is 1. The van der Waals surface area contributed by atoms with Crippen LogP contribution in [-0.2, 0) is 14.9 Å². The van der Waals surface area contributed by atoms with Gasteiger partial charge in [-0.25, -0.2) is 4.98 Å². The van der Waals surface area contributed by atoms with Crippen LogP contribution in [0.5, 0.6) is 0 Å². The monoisotopic (exact) mass is 414 g/mol. The number of hydrogen-bond donors (Lipinski definition) is 2. The Morgan fingerprint density at radius 2 is 2.30 bits per heavy atom. The van der Waals surface area contributed by atoms with Crippen LogP contribution in [0.2, 0.25) is 0 Å². The molecule has 2 aromatic heterocycles. The third kappa shape index (κ3) is 3.98. The van der Waals surface area contributed by atoms with Crippen molar-refractivity contribution in [3.8, 4) is 0 Å². The summed E-state index contributed by atoms with van der Waals surface area (Å²) in [5.41, 5.74) is 0.636. The second-order valence-electron chi connectivity index (χ2n) is 6.19. The van der Waals surface area contributed by atoms with Crippen molar-refractivity contribution in [2.24, 2.45) is 0 Å². The van der Waals surface area contributed by atoms with Crippen molar-refractivity contribution in [2.45, 2.75) is 6.10 Å². The molecule has 2 aromatic rings. The van der Waals surface area contributed by atoms with Crippen molar-refractivity contribution >= 4 is 37.7 Å². The van der Waals surface area contributed by atoms with Crippen LogP contribution in [0.4, 0.5) is 0 Å². The lowest BCUT2D eigenvalue weighted by atomic mass is 10.0. The molecule has 3 heterocycles. The number of fused-ring (bicyclic) bond motifs is 1. The number of ether oxygens (including phenoxy) is 1. The van der Waals surface area contributed by atoms with Gasteiger partial charge in [-0.1, -0.05) is 6.07 Å². The molecular formula is C16H22N4O5S2. The quantitative estimate of drug-likeness (QED) is 0.698. The Labute approximate surface area is 161 Å². The molecule has 2 N–H and O–H groups in total. The topological polar surface area (TPSA) is 112 Å². The normalized spacial score (nSPS) is 18.9. The molecule has 0 saturated carbocycles. The maximum absolute atomic E-state index is 12.6. The number of rotatable bonds is 6. The molecule has 1 atom stereocenters. The van der Waals surface area contributed by atoms with Crippen molar-refractivity contribution < 1.29 is 23.1 Å². The zero-order chi connectivity index (χ0) is 19.6. The Hall–Kier alpha value is -1.63. The largest absolute Gasteiger partial charge is 0.395 e. The number of thiophene rings is 1. The van der Waals surface area contributed by atoms with Crippen molar-refractivity contribution in [1.82, 2.24) is 18.9 Å². The summed E-state index contributed by atoms with van der Waals surface area (Å²) in [6, 6.07) is 3.62. The van der Waals surface area contributed by atoms with Crippen LogP contribution in [-0.4, -0.2) is 80.0 Å². The number of nitrogens with zero attached hydrogens (tertiary/aromatic N) is 3. The lowest BCUT2D eigenvalue weighted by molar-refractivity contribution is -0.00324. The molecule has 1 saturated heterocycles. The Kier molecular flexibility index (Phi) is 6.08. The molecule has 1 aliphatic heterocycles. The van der Waals surface area contributed by atoms with E-state index in [-0.39, 0.29) is 38.8 Å². The van der Waals surface area contributed by atoms with Crippen molar-refractivity contribution in [3.63, 3.8) is 0 Å². The van der Waals surface area contributed by atoms with Gasteiger partial charge in [0.2, 0.25) is 0 Å². The van der Waals surface area contributed by atoms with Gasteiger partial charge >= 0.3 is 0 Å². The lowest BCUT2D eigenvalue weighted by Gasteiger charge is -2.34. The van der Waals surface area contributed by atoms with E-state index < -0.39 is 16.3 Å². The number of morpholine rings is 1. The van der Waals surface area contributed by atoms with Gasteiger partial charge < -0.3 is 15.2 Å². The Balaban J connectivity index is 2.00. The van der Waals surface area contributed by atoms with Gasteiger partial charge in [-0.3, -0.25) is 4.79 Å². The fourth-order valence-corrected chi connectivity index (χ4v) is 5.13. The first-order chi connectivity index (χ1) is 12.9. The number of amides is 1. The van der Waals surface area contributed by atoms with E-state index in [2.05, 4.69) is 10.3 Å². The highest BCUT2D eigenvalue weighted by Crippen LogP contribution is 2.37. The number of hydrogen-bond acceptors (Lipinski definition) is 7. The van der Waals surface area contributed by atoms with Crippen molar-refractivity contribution in [2.75, 3.05) is 46.9 Å². The van der Waals surface area contributed by atoms with E-state index in [1.807, 2.05) is 6.07 Å². The predicted molar refractivity (Wildman–Crippen MR) is 102 cm³/mol. The van der Waals surface area contributed by atoms with Gasteiger partial charge in [0.05, 0.1) is 19.3 Å². The molecule has 0 aliphatic carbocycles. The minimum absolute atomic E-state index is 0.113. The zero-order valence-electron chi connectivity index (χ0n) is 15.1. The molecule has 9 nitrogen and oxygen atoms in total. The molecule has 0 radical (unpaired) electrons. The molecule has 1 fully saturated rings. The van der Waals surface area contributed by atoms with Gasteiger partial charge in [-0.2, -0.15) is 17.0 Å². The fraction of sp³-hybridized carbons (Fsp3) is 0.500. The molecule has 11 heteroatoms. The summed E-state index contributed by atoms with van der Waals surface area (Å²) >= 11 is 1.23. The molecule has 27 heavy (non-hydrogen) atoms. The van der Waals surface area contributed by atoms with Crippen LogP contribution < -0.4 is 5.32 Å². The van der Waals surface area contributed by atoms with Gasteiger partial charge in [0.25, 0.3) is 16.1 Å². The second kappa shape index (κ2) is 8.17. The van der Waals surface area contributed by atoms with Crippen LogP contribution >= 0.6 is 11.3 Å². The third-order valence-corrected chi connectivity index (χ3v) is 7.28. The van der Waals surface area contributed by atoms with Gasteiger partial charge in [-0.15, -0.1) is 11.3 Å². The van der Waals surface area contributed by atoms with E-state index in [0.717, 1.165) is 9.69 Å². The van der Waals surface area contributed by atoms with Crippen LogP contribution in [0, 0.1) is 0 Å². The average Bonchev–Trinajstić information content (AvgIpc) is 3.05. The molecule has 0 bridgehead atoms. The van der Waals surface area contributed by atoms with Gasteiger partial charge in [0.15, 0.2) is 0 Å². The molecule has 3 rings (SSSR count). The molecule has 0 spiro atoms. The van der Waals surface area contributed by atoms with Crippen molar-refractivity contribution in [3.05, 3.63) is 28.8 Å². The van der Waals surface area contributed by atoms with E-state index in [0.29, 0.717) is 15.3 Å². The summed E-state index contributed by atoms with van der Waals surface area (Å²) in [5.74, 6) is -0.335. The fourth-order valence-electron chi connectivity index (χ4n) is 2.93. The predicted octanol–water partition coefficient (Wildman–Crippen LogP) is 0.198. The van der Waals surface area contributed by atoms with Gasteiger partial charge in [0, 0.05) is 50.9 Å². The summed E-state index contributed by atoms with van der Waals surface area (Å²) in [6.45, 7) is 0.559. The molecule has 0 aromatic carbocycles. The van der Waals surface area contributed by atoms with Gasteiger partial charge in [0.1, 0.15) is 9.71 Å². The van der Waals surface area contributed by atoms with Crippen LogP contribution in [0.15, 0.2) is 18.3 Å². The Morgan fingerprint density at radius 1 is 1.52 bits per heavy atom. The number of carbonyl (C=O) groups excluding carboxylic acids is 1. The summed E-state index contributed by atoms with van der Waals surface area (Å²) < 4.78 is 33.4. The average molecular weight is 415 g/mol. The summed E-state index contributed by atoms with van der Waals surface area (Å²) in [6.07, 6.45) is 1.06. The zero-order valence-corrected chi connectivity index (χ0v) is 16.7. The highest BCUT2D eigenvalue weighted by atomic mass is 32.2. The Bertz CT molecular complexity index is 928. The number of nitrogens with one attached hydrogen (secondary N) is 1. The number of pyridine rings is 1. The minimum atomic E-state index is -3.58. The molecule has 1 aliphatic rings. The summed E-state index contributed by atoms with van der Waals surface area (Å²) in [4.78, 5) is 18.0. The third-order valence-electron chi connectivity index (χ3n) is 4.25. The lowest BCUT2D eigenvalue weighted by Crippen LogP contribution is -2.47. The highest BCUT2D eigenvalue weighted by Gasteiger charge is 2.35. The van der Waals surface area contributed by atoms with E-state index in [4.69, 9.17) is 9.84 Å². The maximum Gasteiger partial charge on any atom is 0.281 e. The standard InChI is InChI=1S/C16H22N4O5S2/c1-19(2)27(23,24)20-7-9-25-12(10-20)13-11-4-3-5-18-16(11)26-14(13)15(22)17-6-8-21/h3-5,12,21H,6-10H2,1-2H3,(H,17,22). The van der Waals surface area contributed by atoms with E-state index in [1.54, 1.807) is 12.3 Å². The second-order valence-corrected chi connectivity index (χ2v) is 9.33. The van der Waals surface area contributed by atoms with E-state index in [9.17, 15) is 13.2 Å². The number of aliphatic hydroxyl groups is 1.